The molecule has 0 amide bonds. The van der Waals surface area contributed by atoms with Crippen LogP contribution in [0, 0.1) is 5.92 Å². The van der Waals surface area contributed by atoms with Gasteiger partial charge < -0.3 is 9.47 Å². The Bertz CT molecular complexity index is 1130. The van der Waals surface area contributed by atoms with E-state index >= 15 is 8.78 Å². The van der Waals surface area contributed by atoms with Crippen molar-refractivity contribution >= 4 is 0 Å². The van der Waals surface area contributed by atoms with Crippen LogP contribution in [0.2, 0.25) is 0 Å². The minimum atomic E-state index is -4.81. The average molecular weight is 519 g/mol. The summed E-state index contributed by atoms with van der Waals surface area (Å²) in [5.74, 6) is 0.703. The summed E-state index contributed by atoms with van der Waals surface area (Å²) in [5.41, 5.74) is 1.58. The van der Waals surface area contributed by atoms with Gasteiger partial charge in [0, 0.05) is 5.56 Å². The van der Waals surface area contributed by atoms with Crippen molar-refractivity contribution in [3.05, 3.63) is 83.9 Å². The quantitative estimate of drug-likeness (QED) is 0.263. The highest BCUT2D eigenvalue weighted by Gasteiger charge is 2.36. The van der Waals surface area contributed by atoms with Gasteiger partial charge in [-0.1, -0.05) is 68.7 Å². The number of alkyl halides is 5. The van der Waals surface area contributed by atoms with Crippen LogP contribution in [0.5, 0.6) is 11.5 Å². The van der Waals surface area contributed by atoms with E-state index in [4.69, 9.17) is 4.74 Å². The maximum atomic E-state index is 15.2. The van der Waals surface area contributed by atoms with Gasteiger partial charge in [-0.2, -0.15) is 8.78 Å². The molecule has 1 aliphatic rings. The van der Waals surface area contributed by atoms with E-state index in [0.29, 0.717) is 17.0 Å². The fraction of sp³-hybridized carbons (Fsp3) is 0.400. The van der Waals surface area contributed by atoms with E-state index in [2.05, 4.69) is 11.7 Å². The Kier molecular flexibility index (Phi) is 8.40. The SMILES string of the molecule is CCCC[C@H]1CC[C@H](c2ccc(C(F)(F)Oc3ccccc3-c3ccc(OC(F)(F)F)cc3)cc2)CC1. The molecule has 0 unspecified atom stereocenters. The Morgan fingerprint density at radius 3 is 2.03 bits per heavy atom. The van der Waals surface area contributed by atoms with Crippen LogP contribution in [-0.4, -0.2) is 6.36 Å². The molecule has 7 heteroatoms. The third-order valence-corrected chi connectivity index (χ3v) is 7.05. The number of hydrogen-bond donors (Lipinski definition) is 0. The molecule has 1 fully saturated rings. The molecule has 0 saturated heterocycles. The number of hydrogen-bond acceptors (Lipinski definition) is 2. The molecular formula is C30H31F5O2. The van der Waals surface area contributed by atoms with Gasteiger partial charge >= 0.3 is 12.5 Å². The highest BCUT2D eigenvalue weighted by atomic mass is 19.4. The zero-order valence-corrected chi connectivity index (χ0v) is 20.7. The summed E-state index contributed by atoms with van der Waals surface area (Å²) in [7, 11) is 0. The molecule has 4 rings (SSSR count). The largest absolute Gasteiger partial charge is 0.573 e. The molecule has 37 heavy (non-hydrogen) atoms. The van der Waals surface area contributed by atoms with Crippen LogP contribution in [0.1, 0.15) is 68.9 Å². The Balaban J connectivity index is 1.44. The molecule has 3 aromatic rings. The first-order chi connectivity index (χ1) is 17.6. The molecule has 0 aliphatic heterocycles. The van der Waals surface area contributed by atoms with Gasteiger partial charge in [0.15, 0.2) is 0 Å². The fourth-order valence-corrected chi connectivity index (χ4v) is 5.05. The number of unbranched alkanes of at least 4 members (excludes halogenated alkanes) is 1. The first-order valence-corrected chi connectivity index (χ1v) is 12.8. The summed E-state index contributed by atoms with van der Waals surface area (Å²) in [4.78, 5) is 0. The lowest BCUT2D eigenvalue weighted by Crippen LogP contribution is -2.22. The third kappa shape index (κ3) is 7.24. The third-order valence-electron chi connectivity index (χ3n) is 7.05. The molecule has 1 saturated carbocycles. The molecule has 0 heterocycles. The number of rotatable bonds is 9. The van der Waals surface area contributed by atoms with Gasteiger partial charge in [-0.25, -0.2) is 0 Å². The van der Waals surface area contributed by atoms with Crippen LogP contribution in [0.15, 0.2) is 72.8 Å². The van der Waals surface area contributed by atoms with E-state index in [-0.39, 0.29) is 11.3 Å². The zero-order chi connectivity index (χ0) is 26.5. The fourth-order valence-electron chi connectivity index (χ4n) is 5.05. The molecule has 0 aromatic heterocycles. The molecule has 0 N–H and O–H groups in total. The predicted molar refractivity (Wildman–Crippen MR) is 134 cm³/mol. The van der Waals surface area contributed by atoms with Crippen molar-refractivity contribution in [2.45, 2.75) is 70.3 Å². The monoisotopic (exact) mass is 518 g/mol. The van der Waals surface area contributed by atoms with E-state index in [0.717, 1.165) is 36.5 Å². The van der Waals surface area contributed by atoms with Gasteiger partial charge in [0.25, 0.3) is 0 Å². The van der Waals surface area contributed by atoms with Crippen molar-refractivity contribution in [2.24, 2.45) is 5.92 Å². The average Bonchev–Trinajstić information content (AvgIpc) is 2.88. The van der Waals surface area contributed by atoms with Crippen LogP contribution in [0.3, 0.4) is 0 Å². The van der Waals surface area contributed by atoms with Crippen molar-refractivity contribution in [3.63, 3.8) is 0 Å². The van der Waals surface area contributed by atoms with E-state index in [1.165, 1.54) is 62.4 Å². The van der Waals surface area contributed by atoms with Gasteiger partial charge in [0.05, 0.1) is 5.56 Å². The molecule has 1 aliphatic carbocycles. The minimum absolute atomic E-state index is 0.0773. The summed E-state index contributed by atoms with van der Waals surface area (Å²) >= 11 is 0. The van der Waals surface area contributed by atoms with Crippen LogP contribution in [0.25, 0.3) is 11.1 Å². The summed E-state index contributed by atoms with van der Waals surface area (Å²) in [6, 6.07) is 17.6. The molecule has 0 atom stereocenters. The second-order valence-corrected chi connectivity index (χ2v) is 9.67. The highest BCUT2D eigenvalue weighted by Crippen LogP contribution is 2.40. The lowest BCUT2D eigenvalue weighted by Gasteiger charge is -2.29. The molecule has 0 spiro atoms. The smallest absolute Gasteiger partial charge is 0.428 e. The summed E-state index contributed by atoms with van der Waals surface area (Å²) in [6.07, 6.45) is -0.108. The van der Waals surface area contributed by atoms with Crippen LogP contribution in [-0.2, 0) is 6.11 Å². The summed E-state index contributed by atoms with van der Waals surface area (Å²) in [6.45, 7) is 2.21. The Labute approximate surface area is 214 Å². The normalized spacial score (nSPS) is 18.4. The summed E-state index contributed by atoms with van der Waals surface area (Å²) < 4.78 is 76.7. The number of ether oxygens (including phenoxy) is 2. The van der Waals surface area contributed by atoms with Gasteiger partial charge in [-0.15, -0.1) is 13.2 Å². The number of halogens is 5. The second kappa shape index (κ2) is 11.5. The van der Waals surface area contributed by atoms with Crippen molar-refractivity contribution in [2.75, 3.05) is 0 Å². The van der Waals surface area contributed by atoms with Crippen LogP contribution >= 0.6 is 0 Å². The first kappa shape index (κ1) is 27.0. The molecule has 2 nitrogen and oxygen atoms in total. The second-order valence-electron chi connectivity index (χ2n) is 9.67. The lowest BCUT2D eigenvalue weighted by molar-refractivity contribution is -0.274. The van der Waals surface area contributed by atoms with Crippen molar-refractivity contribution in [1.82, 2.24) is 0 Å². The van der Waals surface area contributed by atoms with Crippen LogP contribution in [0.4, 0.5) is 22.0 Å². The zero-order valence-electron chi connectivity index (χ0n) is 20.7. The Morgan fingerprint density at radius 1 is 0.757 bits per heavy atom. The Morgan fingerprint density at radius 2 is 1.41 bits per heavy atom. The first-order valence-electron chi connectivity index (χ1n) is 12.8. The number of para-hydroxylation sites is 1. The van der Waals surface area contributed by atoms with E-state index in [1.54, 1.807) is 30.3 Å². The summed E-state index contributed by atoms with van der Waals surface area (Å²) in [5, 5.41) is 0. The molecular weight excluding hydrogens is 487 g/mol. The number of benzene rings is 3. The molecule has 0 bridgehead atoms. The molecule has 198 valence electrons. The van der Waals surface area contributed by atoms with E-state index in [9.17, 15) is 13.2 Å². The maximum Gasteiger partial charge on any atom is 0.573 e. The molecule has 3 aromatic carbocycles. The highest BCUT2D eigenvalue weighted by molar-refractivity contribution is 5.71. The van der Waals surface area contributed by atoms with E-state index in [1.807, 2.05) is 0 Å². The maximum absolute atomic E-state index is 15.2. The Hall–Kier alpha value is -3.09. The van der Waals surface area contributed by atoms with Gasteiger partial charge in [-0.3, -0.25) is 0 Å². The topological polar surface area (TPSA) is 18.5 Å². The minimum Gasteiger partial charge on any atom is -0.428 e. The van der Waals surface area contributed by atoms with Gasteiger partial charge in [-0.05, 0) is 79.0 Å². The molecule has 0 radical (unpaired) electrons. The van der Waals surface area contributed by atoms with Gasteiger partial charge in [0.2, 0.25) is 0 Å². The van der Waals surface area contributed by atoms with Crippen molar-refractivity contribution < 1.29 is 31.4 Å². The van der Waals surface area contributed by atoms with Crippen molar-refractivity contribution in [1.29, 1.82) is 0 Å². The lowest BCUT2D eigenvalue weighted by atomic mass is 9.77. The van der Waals surface area contributed by atoms with E-state index < -0.39 is 18.2 Å². The van der Waals surface area contributed by atoms with Gasteiger partial charge in [0.1, 0.15) is 11.5 Å². The standard InChI is InChI=1S/C30H31F5O2/c1-2-3-6-21-9-11-22(12-10-21)23-13-17-25(18-14-23)29(31,32)37-28-8-5-4-7-27(28)24-15-19-26(20-16-24)36-30(33,34)35/h4-5,7-8,13-22H,2-3,6,9-12H2,1H3/t21-,22-. The predicted octanol–water partition coefficient (Wildman–Crippen LogP) is 9.84. The van der Waals surface area contributed by atoms with Crippen molar-refractivity contribution in [3.8, 4) is 22.6 Å². The van der Waals surface area contributed by atoms with Crippen LogP contribution < -0.4 is 9.47 Å².